The summed E-state index contributed by atoms with van der Waals surface area (Å²) in [6, 6.07) is 13.3. The van der Waals surface area contributed by atoms with E-state index in [1.54, 1.807) is 42.5 Å². The van der Waals surface area contributed by atoms with E-state index in [-0.39, 0.29) is 12.5 Å². The second-order valence-corrected chi connectivity index (χ2v) is 6.12. The second kappa shape index (κ2) is 11.3. The van der Waals surface area contributed by atoms with Crippen molar-refractivity contribution >= 4 is 17.7 Å². The van der Waals surface area contributed by atoms with Crippen LogP contribution in [0.4, 0.5) is 0 Å². The summed E-state index contributed by atoms with van der Waals surface area (Å²) < 4.78 is 10.9. The van der Waals surface area contributed by atoms with E-state index in [4.69, 9.17) is 9.47 Å². The van der Waals surface area contributed by atoms with Crippen molar-refractivity contribution in [2.75, 3.05) is 20.3 Å². The summed E-state index contributed by atoms with van der Waals surface area (Å²) >= 11 is 0. The van der Waals surface area contributed by atoms with Gasteiger partial charge < -0.3 is 14.8 Å². The van der Waals surface area contributed by atoms with E-state index in [2.05, 4.69) is 23.1 Å². The standard InChI is InChI=1S/C21H25N3O5/c1-3-4-12-29-17-11-10-16(13-18(17)28-2)21(27)24-23-19(25)14-22-20(26)15-8-6-5-7-9-15/h5-11,13H,3-4,12,14H2,1-2H3,(H,22,26)(H,23,25)(H,24,27). The maximum atomic E-state index is 12.2. The first kappa shape index (κ1) is 21.7. The van der Waals surface area contributed by atoms with Gasteiger partial charge in [0.15, 0.2) is 11.5 Å². The van der Waals surface area contributed by atoms with E-state index in [9.17, 15) is 14.4 Å². The molecule has 3 N–H and O–H groups in total. The predicted octanol–water partition coefficient (Wildman–Crippen LogP) is 2.07. The number of unbranched alkanes of at least 4 members (excludes halogenated alkanes) is 1. The summed E-state index contributed by atoms with van der Waals surface area (Å²) in [5.41, 5.74) is 5.29. The fourth-order valence-corrected chi connectivity index (χ4v) is 2.35. The lowest BCUT2D eigenvalue weighted by Gasteiger charge is -2.12. The van der Waals surface area contributed by atoms with Gasteiger partial charge in [-0.3, -0.25) is 25.2 Å². The molecular formula is C21H25N3O5. The average molecular weight is 399 g/mol. The summed E-state index contributed by atoms with van der Waals surface area (Å²) in [6.07, 6.45) is 1.92. The predicted molar refractivity (Wildman–Crippen MR) is 108 cm³/mol. The van der Waals surface area contributed by atoms with Crippen LogP contribution in [0.15, 0.2) is 48.5 Å². The molecule has 2 aromatic rings. The Morgan fingerprint density at radius 3 is 2.34 bits per heavy atom. The Hall–Kier alpha value is -3.55. The molecule has 0 aliphatic carbocycles. The SMILES string of the molecule is CCCCOc1ccc(C(=O)NNC(=O)CNC(=O)c2ccccc2)cc1OC. The number of hydrazine groups is 1. The molecular weight excluding hydrogens is 374 g/mol. The molecule has 0 aliphatic rings. The van der Waals surface area contributed by atoms with Crippen molar-refractivity contribution in [3.05, 3.63) is 59.7 Å². The molecule has 0 fully saturated rings. The molecule has 154 valence electrons. The van der Waals surface area contributed by atoms with Crippen LogP contribution in [-0.2, 0) is 4.79 Å². The number of carbonyl (C=O) groups excluding carboxylic acids is 3. The summed E-state index contributed by atoms with van der Waals surface area (Å²) in [7, 11) is 1.49. The summed E-state index contributed by atoms with van der Waals surface area (Å²) in [5.74, 6) is -0.490. The number of benzene rings is 2. The molecule has 0 aromatic heterocycles. The van der Waals surface area contributed by atoms with E-state index < -0.39 is 11.8 Å². The Balaban J connectivity index is 1.83. The van der Waals surface area contributed by atoms with Crippen LogP contribution in [0, 0.1) is 0 Å². The molecule has 8 heteroatoms. The number of ether oxygens (including phenoxy) is 2. The van der Waals surface area contributed by atoms with Crippen molar-refractivity contribution in [3.63, 3.8) is 0 Å². The molecule has 0 atom stereocenters. The van der Waals surface area contributed by atoms with Gasteiger partial charge in [0.2, 0.25) is 0 Å². The van der Waals surface area contributed by atoms with Crippen LogP contribution >= 0.6 is 0 Å². The van der Waals surface area contributed by atoms with Gasteiger partial charge in [0.1, 0.15) is 0 Å². The number of rotatable bonds is 9. The molecule has 0 saturated heterocycles. The van der Waals surface area contributed by atoms with Crippen LogP contribution in [0.3, 0.4) is 0 Å². The third-order valence-corrected chi connectivity index (χ3v) is 3.94. The first-order valence-corrected chi connectivity index (χ1v) is 9.28. The molecule has 0 spiro atoms. The summed E-state index contributed by atoms with van der Waals surface area (Å²) in [5, 5.41) is 2.47. The molecule has 2 aromatic carbocycles. The van der Waals surface area contributed by atoms with Gasteiger partial charge in [-0.1, -0.05) is 31.5 Å². The number of amides is 3. The smallest absolute Gasteiger partial charge is 0.269 e. The molecule has 0 heterocycles. The zero-order chi connectivity index (χ0) is 21.1. The minimum atomic E-state index is -0.561. The Morgan fingerprint density at radius 2 is 1.66 bits per heavy atom. The average Bonchev–Trinajstić information content (AvgIpc) is 2.76. The van der Waals surface area contributed by atoms with E-state index in [0.717, 1.165) is 12.8 Å². The first-order chi connectivity index (χ1) is 14.0. The lowest BCUT2D eigenvalue weighted by atomic mass is 10.2. The zero-order valence-electron chi connectivity index (χ0n) is 16.5. The van der Waals surface area contributed by atoms with Gasteiger partial charge in [-0.2, -0.15) is 0 Å². The van der Waals surface area contributed by atoms with Crippen LogP contribution in [0.1, 0.15) is 40.5 Å². The molecule has 3 amide bonds. The van der Waals surface area contributed by atoms with Gasteiger partial charge in [0.05, 0.1) is 20.3 Å². The molecule has 8 nitrogen and oxygen atoms in total. The number of hydrogen-bond acceptors (Lipinski definition) is 5. The molecule has 29 heavy (non-hydrogen) atoms. The minimum Gasteiger partial charge on any atom is -0.493 e. The van der Waals surface area contributed by atoms with Gasteiger partial charge in [0, 0.05) is 11.1 Å². The minimum absolute atomic E-state index is 0.276. The Labute approximate surface area is 169 Å². The highest BCUT2D eigenvalue weighted by Crippen LogP contribution is 2.28. The van der Waals surface area contributed by atoms with Crippen molar-refractivity contribution in [1.29, 1.82) is 0 Å². The highest BCUT2D eigenvalue weighted by molar-refractivity contribution is 5.98. The second-order valence-electron chi connectivity index (χ2n) is 6.12. The number of carbonyl (C=O) groups is 3. The van der Waals surface area contributed by atoms with Gasteiger partial charge in [-0.15, -0.1) is 0 Å². The van der Waals surface area contributed by atoms with E-state index >= 15 is 0 Å². The fraction of sp³-hybridized carbons (Fsp3) is 0.286. The summed E-state index contributed by atoms with van der Waals surface area (Å²) in [4.78, 5) is 36.0. The molecule has 0 saturated carbocycles. The lowest BCUT2D eigenvalue weighted by Crippen LogP contribution is -2.46. The van der Waals surface area contributed by atoms with Crippen molar-refractivity contribution in [2.45, 2.75) is 19.8 Å². The lowest BCUT2D eigenvalue weighted by molar-refractivity contribution is -0.120. The quantitative estimate of drug-likeness (QED) is 0.442. The molecule has 0 aliphatic heterocycles. The van der Waals surface area contributed by atoms with E-state index in [1.165, 1.54) is 13.2 Å². The van der Waals surface area contributed by atoms with Crippen molar-refractivity contribution in [1.82, 2.24) is 16.2 Å². The van der Waals surface area contributed by atoms with Gasteiger partial charge in [0.25, 0.3) is 17.7 Å². The van der Waals surface area contributed by atoms with Crippen LogP contribution in [0.2, 0.25) is 0 Å². The van der Waals surface area contributed by atoms with Crippen LogP contribution < -0.4 is 25.6 Å². The summed E-state index contributed by atoms with van der Waals surface area (Å²) in [6.45, 7) is 2.35. The Bertz CT molecular complexity index is 839. The maximum Gasteiger partial charge on any atom is 0.269 e. The number of methoxy groups -OCH3 is 1. The van der Waals surface area contributed by atoms with E-state index in [0.29, 0.717) is 29.2 Å². The first-order valence-electron chi connectivity index (χ1n) is 9.28. The van der Waals surface area contributed by atoms with Crippen LogP contribution in [-0.4, -0.2) is 38.0 Å². The third-order valence-electron chi connectivity index (χ3n) is 3.94. The van der Waals surface area contributed by atoms with Crippen molar-refractivity contribution in [2.24, 2.45) is 0 Å². The van der Waals surface area contributed by atoms with E-state index in [1.807, 2.05) is 0 Å². The normalized spacial score (nSPS) is 10.0. The maximum absolute atomic E-state index is 12.2. The number of nitrogens with one attached hydrogen (secondary N) is 3. The van der Waals surface area contributed by atoms with Gasteiger partial charge in [-0.05, 0) is 36.8 Å². The monoisotopic (exact) mass is 399 g/mol. The fourth-order valence-electron chi connectivity index (χ4n) is 2.35. The molecule has 0 bridgehead atoms. The van der Waals surface area contributed by atoms with Crippen LogP contribution in [0.25, 0.3) is 0 Å². The number of hydrogen-bond donors (Lipinski definition) is 3. The highest BCUT2D eigenvalue weighted by atomic mass is 16.5. The van der Waals surface area contributed by atoms with Gasteiger partial charge in [-0.25, -0.2) is 0 Å². The largest absolute Gasteiger partial charge is 0.493 e. The Morgan fingerprint density at radius 1 is 0.897 bits per heavy atom. The van der Waals surface area contributed by atoms with Crippen molar-refractivity contribution in [3.8, 4) is 11.5 Å². The topological polar surface area (TPSA) is 106 Å². The molecule has 0 unspecified atom stereocenters. The van der Waals surface area contributed by atoms with Crippen LogP contribution in [0.5, 0.6) is 11.5 Å². The Kier molecular flexibility index (Phi) is 8.50. The molecule has 0 radical (unpaired) electrons. The van der Waals surface area contributed by atoms with Crippen molar-refractivity contribution < 1.29 is 23.9 Å². The highest BCUT2D eigenvalue weighted by Gasteiger charge is 2.13. The third kappa shape index (κ3) is 6.84. The zero-order valence-corrected chi connectivity index (χ0v) is 16.5. The van der Waals surface area contributed by atoms with Gasteiger partial charge >= 0.3 is 0 Å². The molecule has 2 rings (SSSR count).